The lowest BCUT2D eigenvalue weighted by Gasteiger charge is -2.07. The lowest BCUT2D eigenvalue weighted by molar-refractivity contribution is -0.140. The average Bonchev–Trinajstić information content (AvgIpc) is 2.14. The number of esters is 1. The van der Waals surface area contributed by atoms with Crippen LogP contribution >= 0.6 is 11.8 Å². The van der Waals surface area contributed by atoms with Gasteiger partial charge in [0.1, 0.15) is 0 Å². The van der Waals surface area contributed by atoms with E-state index in [9.17, 15) is 4.79 Å². The van der Waals surface area contributed by atoms with Gasteiger partial charge < -0.3 is 9.84 Å². The first-order valence-electron chi connectivity index (χ1n) is 4.58. The largest absolute Gasteiger partial charge is 0.465 e. The number of aliphatic hydroxyl groups is 1. The third-order valence-corrected chi connectivity index (χ3v) is 2.62. The second-order valence-electron chi connectivity index (χ2n) is 2.88. The van der Waals surface area contributed by atoms with Crippen LogP contribution in [0, 0.1) is 0 Å². The summed E-state index contributed by atoms with van der Waals surface area (Å²) >= 11 is 1.42. The summed E-state index contributed by atoms with van der Waals surface area (Å²) in [5.41, 5.74) is 0. The first-order valence-corrected chi connectivity index (χ1v) is 5.63. The van der Waals surface area contributed by atoms with E-state index in [1.165, 1.54) is 11.8 Å². The van der Waals surface area contributed by atoms with Gasteiger partial charge in [-0.15, -0.1) is 11.8 Å². The molecule has 1 N–H and O–H groups in total. The Morgan fingerprint density at radius 2 is 2.31 bits per heavy atom. The molecule has 0 amide bonds. The standard InChI is InChI=1S/C9H18O3S/c1-3-4-5-12-9(11)7-13-8(2)6-10/h8,10H,3-7H2,1-2H3. The van der Waals surface area contributed by atoms with Crippen molar-refractivity contribution in [3.8, 4) is 0 Å². The Balaban J connectivity index is 3.30. The summed E-state index contributed by atoms with van der Waals surface area (Å²) in [6.45, 7) is 4.55. The lowest BCUT2D eigenvalue weighted by atomic mass is 10.4. The number of hydrogen-bond acceptors (Lipinski definition) is 4. The molecule has 13 heavy (non-hydrogen) atoms. The number of carbonyl (C=O) groups is 1. The van der Waals surface area contributed by atoms with E-state index in [0.29, 0.717) is 12.4 Å². The van der Waals surface area contributed by atoms with Gasteiger partial charge in [-0.2, -0.15) is 0 Å². The molecule has 0 aromatic rings. The summed E-state index contributed by atoms with van der Waals surface area (Å²) in [7, 11) is 0. The molecular weight excluding hydrogens is 188 g/mol. The maximum Gasteiger partial charge on any atom is 0.315 e. The minimum absolute atomic E-state index is 0.104. The van der Waals surface area contributed by atoms with E-state index in [1.807, 2.05) is 6.92 Å². The van der Waals surface area contributed by atoms with Crippen LogP contribution in [0.15, 0.2) is 0 Å². The molecule has 0 heterocycles. The van der Waals surface area contributed by atoms with Gasteiger partial charge in [-0.05, 0) is 6.42 Å². The summed E-state index contributed by atoms with van der Waals surface area (Å²) in [6, 6.07) is 0. The number of ether oxygens (including phenoxy) is 1. The number of thioether (sulfide) groups is 1. The Morgan fingerprint density at radius 1 is 1.62 bits per heavy atom. The molecular formula is C9H18O3S. The molecule has 0 bridgehead atoms. The van der Waals surface area contributed by atoms with E-state index >= 15 is 0 Å². The van der Waals surface area contributed by atoms with Crippen molar-refractivity contribution in [2.24, 2.45) is 0 Å². The number of unbranched alkanes of at least 4 members (excludes halogenated alkanes) is 1. The van der Waals surface area contributed by atoms with Crippen LogP contribution in [0.1, 0.15) is 26.7 Å². The maximum atomic E-state index is 11.0. The Morgan fingerprint density at radius 3 is 2.85 bits per heavy atom. The van der Waals surface area contributed by atoms with Gasteiger partial charge in [0, 0.05) is 5.25 Å². The van der Waals surface area contributed by atoms with E-state index in [2.05, 4.69) is 6.92 Å². The van der Waals surface area contributed by atoms with Crippen LogP contribution in [0.5, 0.6) is 0 Å². The van der Waals surface area contributed by atoms with Crippen LogP contribution in [-0.4, -0.2) is 35.3 Å². The maximum absolute atomic E-state index is 11.0. The van der Waals surface area contributed by atoms with Crippen LogP contribution in [0.4, 0.5) is 0 Å². The molecule has 78 valence electrons. The van der Waals surface area contributed by atoms with Crippen LogP contribution in [0.3, 0.4) is 0 Å². The quantitative estimate of drug-likeness (QED) is 0.506. The highest BCUT2D eigenvalue weighted by Gasteiger charge is 2.06. The fourth-order valence-electron chi connectivity index (χ4n) is 0.635. The number of rotatable bonds is 7. The normalized spacial score (nSPS) is 12.5. The van der Waals surface area contributed by atoms with Gasteiger partial charge in [0.15, 0.2) is 0 Å². The van der Waals surface area contributed by atoms with Crippen molar-refractivity contribution in [2.75, 3.05) is 19.0 Å². The van der Waals surface area contributed by atoms with Gasteiger partial charge in [-0.3, -0.25) is 4.79 Å². The number of hydrogen-bond donors (Lipinski definition) is 1. The summed E-state index contributed by atoms with van der Waals surface area (Å²) in [5.74, 6) is 0.157. The predicted octanol–water partition coefficient (Wildman–Crippen LogP) is 1.44. The Kier molecular flexibility index (Phi) is 8.24. The molecule has 0 radical (unpaired) electrons. The summed E-state index contributed by atoms with van der Waals surface area (Å²) in [6.07, 6.45) is 1.96. The Hall–Kier alpha value is -0.220. The van der Waals surface area contributed by atoms with Crippen LogP contribution in [0.25, 0.3) is 0 Å². The molecule has 0 spiro atoms. The molecule has 1 atom stereocenters. The van der Waals surface area contributed by atoms with Crippen molar-refractivity contribution in [3.63, 3.8) is 0 Å². The van der Waals surface area contributed by atoms with Gasteiger partial charge in [-0.25, -0.2) is 0 Å². The molecule has 0 rings (SSSR count). The van der Waals surface area contributed by atoms with Gasteiger partial charge in [0.2, 0.25) is 0 Å². The number of carbonyl (C=O) groups excluding carboxylic acids is 1. The first-order chi connectivity index (χ1) is 6.20. The smallest absolute Gasteiger partial charge is 0.315 e. The van der Waals surface area contributed by atoms with Crippen molar-refractivity contribution in [1.29, 1.82) is 0 Å². The molecule has 3 nitrogen and oxygen atoms in total. The minimum atomic E-state index is -0.182. The Bertz CT molecular complexity index is 139. The van der Waals surface area contributed by atoms with Gasteiger partial charge in [0.25, 0.3) is 0 Å². The summed E-state index contributed by atoms with van der Waals surface area (Å²) in [5, 5.41) is 8.80. The minimum Gasteiger partial charge on any atom is -0.465 e. The van der Waals surface area contributed by atoms with E-state index in [1.54, 1.807) is 0 Å². The van der Waals surface area contributed by atoms with Crippen molar-refractivity contribution in [3.05, 3.63) is 0 Å². The number of aliphatic hydroxyl groups excluding tert-OH is 1. The zero-order valence-corrected chi connectivity index (χ0v) is 9.10. The fraction of sp³-hybridized carbons (Fsp3) is 0.889. The van der Waals surface area contributed by atoms with E-state index in [-0.39, 0.29) is 17.8 Å². The molecule has 0 aliphatic rings. The highest BCUT2D eigenvalue weighted by molar-refractivity contribution is 8.00. The second-order valence-corrected chi connectivity index (χ2v) is 4.30. The second kappa shape index (κ2) is 8.38. The van der Waals surface area contributed by atoms with Crippen LogP contribution in [-0.2, 0) is 9.53 Å². The van der Waals surface area contributed by atoms with Gasteiger partial charge in [-0.1, -0.05) is 20.3 Å². The van der Waals surface area contributed by atoms with Crippen molar-refractivity contribution in [2.45, 2.75) is 31.9 Å². The van der Waals surface area contributed by atoms with E-state index in [4.69, 9.17) is 9.84 Å². The van der Waals surface area contributed by atoms with Crippen LogP contribution in [0.2, 0.25) is 0 Å². The first kappa shape index (κ1) is 12.8. The summed E-state index contributed by atoms with van der Waals surface area (Å²) in [4.78, 5) is 11.0. The van der Waals surface area contributed by atoms with Crippen molar-refractivity contribution in [1.82, 2.24) is 0 Å². The third-order valence-electron chi connectivity index (χ3n) is 1.50. The fourth-order valence-corrected chi connectivity index (χ4v) is 1.24. The molecule has 0 aromatic heterocycles. The average molecular weight is 206 g/mol. The highest BCUT2D eigenvalue weighted by atomic mass is 32.2. The van der Waals surface area contributed by atoms with Crippen molar-refractivity contribution < 1.29 is 14.6 Å². The highest BCUT2D eigenvalue weighted by Crippen LogP contribution is 2.09. The zero-order chi connectivity index (χ0) is 10.1. The molecule has 0 saturated carbocycles. The van der Waals surface area contributed by atoms with E-state index in [0.717, 1.165) is 12.8 Å². The van der Waals surface area contributed by atoms with Crippen molar-refractivity contribution >= 4 is 17.7 Å². The summed E-state index contributed by atoms with van der Waals surface area (Å²) < 4.78 is 4.94. The Labute approximate surface area is 83.9 Å². The zero-order valence-electron chi connectivity index (χ0n) is 8.28. The lowest BCUT2D eigenvalue weighted by Crippen LogP contribution is -2.12. The molecule has 0 aromatic carbocycles. The van der Waals surface area contributed by atoms with Gasteiger partial charge in [0.05, 0.1) is 19.0 Å². The SMILES string of the molecule is CCCCOC(=O)CSC(C)CO. The molecule has 0 fully saturated rings. The van der Waals surface area contributed by atoms with E-state index < -0.39 is 0 Å². The molecule has 0 aliphatic heterocycles. The molecule has 1 unspecified atom stereocenters. The van der Waals surface area contributed by atoms with Crippen LogP contribution < -0.4 is 0 Å². The third kappa shape index (κ3) is 8.12. The monoisotopic (exact) mass is 206 g/mol. The molecule has 0 saturated heterocycles. The molecule has 4 heteroatoms. The topological polar surface area (TPSA) is 46.5 Å². The predicted molar refractivity (Wildman–Crippen MR) is 54.9 cm³/mol. The molecule has 0 aliphatic carbocycles. The van der Waals surface area contributed by atoms with Gasteiger partial charge >= 0.3 is 5.97 Å².